The van der Waals surface area contributed by atoms with Gasteiger partial charge in [0.1, 0.15) is 0 Å². The normalized spacial score (nSPS) is 27.8. The molecule has 2 aliphatic rings. The van der Waals surface area contributed by atoms with Crippen LogP contribution in [0.25, 0.3) is 0 Å². The number of benzene rings is 1. The molecule has 0 aromatic heterocycles. The average Bonchev–Trinajstić information content (AvgIpc) is 3.17. The molecule has 20 heavy (non-hydrogen) atoms. The first-order chi connectivity index (χ1) is 9.56. The fourth-order valence-electron chi connectivity index (χ4n) is 2.90. The van der Waals surface area contributed by atoms with Crippen LogP contribution in [0.1, 0.15) is 37.7 Å². The third kappa shape index (κ3) is 2.87. The monoisotopic (exact) mass is 292 g/mol. The van der Waals surface area contributed by atoms with Crippen LogP contribution in [0.5, 0.6) is 0 Å². The Morgan fingerprint density at radius 1 is 1.20 bits per heavy atom. The van der Waals surface area contributed by atoms with E-state index < -0.39 is 10.0 Å². The van der Waals surface area contributed by atoms with Crippen LogP contribution in [-0.4, -0.2) is 14.1 Å². The van der Waals surface area contributed by atoms with E-state index in [4.69, 9.17) is 0 Å². The van der Waals surface area contributed by atoms with Crippen molar-refractivity contribution >= 4 is 15.7 Å². The molecule has 0 heterocycles. The lowest BCUT2D eigenvalue weighted by molar-refractivity contribution is 0.584. The molecular formula is C15H20N2O2S. The van der Waals surface area contributed by atoms with Crippen molar-refractivity contribution in [2.75, 3.05) is 0 Å². The Balaban J connectivity index is 1.75. The quantitative estimate of drug-likeness (QED) is 0.871. The van der Waals surface area contributed by atoms with E-state index in [1.165, 1.54) is 19.3 Å². The first-order valence-electron chi connectivity index (χ1n) is 7.21. The van der Waals surface area contributed by atoms with E-state index in [1.54, 1.807) is 24.3 Å². The van der Waals surface area contributed by atoms with Gasteiger partial charge in [0.15, 0.2) is 0 Å². The topological polar surface area (TPSA) is 58.5 Å². The summed E-state index contributed by atoms with van der Waals surface area (Å²) < 4.78 is 24.3. The van der Waals surface area contributed by atoms with Crippen LogP contribution in [0.3, 0.4) is 0 Å². The SMILES string of the molecule is Cc1ccc(S(=O)(=O)NN=C2CCCC[C@H]3C[C@H]23)cc1. The molecule has 2 saturated carbocycles. The lowest BCUT2D eigenvalue weighted by Crippen LogP contribution is -2.21. The molecule has 0 aliphatic heterocycles. The lowest BCUT2D eigenvalue weighted by atomic mass is 10.1. The van der Waals surface area contributed by atoms with Crippen LogP contribution in [0.2, 0.25) is 0 Å². The summed E-state index contributed by atoms with van der Waals surface area (Å²) in [7, 11) is -3.53. The minimum atomic E-state index is -3.53. The molecule has 0 radical (unpaired) electrons. The summed E-state index contributed by atoms with van der Waals surface area (Å²) in [6.07, 6.45) is 5.75. The van der Waals surface area contributed by atoms with E-state index in [1.807, 2.05) is 6.92 Å². The summed E-state index contributed by atoms with van der Waals surface area (Å²) in [5.74, 6) is 1.28. The van der Waals surface area contributed by atoms with Gasteiger partial charge in [-0.15, -0.1) is 0 Å². The number of nitrogens with zero attached hydrogens (tertiary/aromatic N) is 1. The fraction of sp³-hybridized carbons (Fsp3) is 0.533. The first-order valence-corrected chi connectivity index (χ1v) is 8.69. The van der Waals surface area contributed by atoms with E-state index >= 15 is 0 Å². The molecule has 0 saturated heterocycles. The molecule has 1 aromatic carbocycles. The molecule has 4 nitrogen and oxygen atoms in total. The summed E-state index contributed by atoms with van der Waals surface area (Å²) in [6, 6.07) is 6.82. The first kappa shape index (κ1) is 13.6. The molecule has 0 amide bonds. The maximum atomic E-state index is 12.2. The molecule has 2 aliphatic carbocycles. The van der Waals surface area contributed by atoms with Gasteiger partial charge in [0.05, 0.1) is 4.90 Å². The average molecular weight is 292 g/mol. The molecule has 0 bridgehead atoms. The minimum absolute atomic E-state index is 0.272. The molecule has 0 unspecified atom stereocenters. The summed E-state index contributed by atoms with van der Waals surface area (Å²) >= 11 is 0. The Morgan fingerprint density at radius 3 is 2.70 bits per heavy atom. The maximum Gasteiger partial charge on any atom is 0.276 e. The van der Waals surface area contributed by atoms with E-state index in [2.05, 4.69) is 9.93 Å². The smallest absolute Gasteiger partial charge is 0.200 e. The second-order valence-electron chi connectivity index (χ2n) is 5.86. The van der Waals surface area contributed by atoms with Crippen LogP contribution in [0.15, 0.2) is 34.3 Å². The van der Waals surface area contributed by atoms with Gasteiger partial charge < -0.3 is 0 Å². The molecule has 2 atom stereocenters. The molecule has 1 N–H and O–H groups in total. The van der Waals surface area contributed by atoms with E-state index in [-0.39, 0.29) is 4.90 Å². The van der Waals surface area contributed by atoms with Crippen molar-refractivity contribution in [3.8, 4) is 0 Å². The molecule has 3 rings (SSSR count). The van der Waals surface area contributed by atoms with Gasteiger partial charge in [0.2, 0.25) is 0 Å². The Bertz CT molecular complexity index is 620. The zero-order chi connectivity index (χ0) is 14.2. The number of sulfonamides is 1. The number of rotatable bonds is 3. The molecule has 0 spiro atoms. The number of hydrogen-bond donors (Lipinski definition) is 1. The number of hydrogen-bond acceptors (Lipinski definition) is 3. The predicted molar refractivity (Wildman–Crippen MR) is 79.0 cm³/mol. The Morgan fingerprint density at radius 2 is 1.95 bits per heavy atom. The van der Waals surface area contributed by atoms with Crippen molar-refractivity contribution in [1.82, 2.24) is 4.83 Å². The maximum absolute atomic E-state index is 12.2. The van der Waals surface area contributed by atoms with Gasteiger partial charge in [-0.3, -0.25) is 0 Å². The van der Waals surface area contributed by atoms with Crippen LogP contribution in [-0.2, 0) is 10.0 Å². The Hall–Kier alpha value is -1.36. The lowest BCUT2D eigenvalue weighted by Gasteiger charge is -2.07. The van der Waals surface area contributed by atoms with Gasteiger partial charge in [0.25, 0.3) is 10.0 Å². The van der Waals surface area contributed by atoms with Gasteiger partial charge >= 0.3 is 0 Å². The van der Waals surface area contributed by atoms with Crippen molar-refractivity contribution in [3.63, 3.8) is 0 Å². The molecule has 2 fully saturated rings. The third-order valence-electron chi connectivity index (χ3n) is 4.25. The second-order valence-corrected chi connectivity index (χ2v) is 7.52. The van der Waals surface area contributed by atoms with Crippen molar-refractivity contribution in [1.29, 1.82) is 0 Å². The van der Waals surface area contributed by atoms with Crippen LogP contribution < -0.4 is 4.83 Å². The van der Waals surface area contributed by atoms with E-state index in [9.17, 15) is 8.42 Å². The predicted octanol–water partition coefficient (Wildman–Crippen LogP) is 2.84. The minimum Gasteiger partial charge on any atom is -0.200 e. The van der Waals surface area contributed by atoms with Crippen LogP contribution in [0, 0.1) is 18.8 Å². The number of fused-ring (bicyclic) bond motifs is 1. The summed E-state index contributed by atoms with van der Waals surface area (Å²) in [4.78, 5) is 2.68. The molecule has 108 valence electrons. The number of nitrogens with one attached hydrogen (secondary N) is 1. The van der Waals surface area contributed by atoms with Gasteiger partial charge in [-0.1, -0.05) is 24.1 Å². The Labute approximate surface area is 120 Å². The largest absolute Gasteiger partial charge is 0.276 e. The van der Waals surface area contributed by atoms with E-state index in [0.29, 0.717) is 5.92 Å². The van der Waals surface area contributed by atoms with Crippen molar-refractivity contribution in [2.45, 2.75) is 43.9 Å². The highest BCUT2D eigenvalue weighted by atomic mass is 32.2. The van der Waals surface area contributed by atoms with Crippen molar-refractivity contribution < 1.29 is 8.42 Å². The number of hydrazone groups is 1. The highest BCUT2D eigenvalue weighted by Gasteiger charge is 2.41. The second kappa shape index (κ2) is 5.20. The standard InChI is InChI=1S/C15H20N2O2S/c1-11-6-8-13(9-7-11)20(18,19)17-16-15-5-3-2-4-12-10-14(12)15/h6-9,12,14,17H,2-5,10H2,1H3/t12-,14-/m0/s1. The summed E-state index contributed by atoms with van der Waals surface area (Å²) in [6.45, 7) is 1.93. The van der Waals surface area contributed by atoms with Gasteiger partial charge in [-0.2, -0.15) is 13.5 Å². The highest BCUT2D eigenvalue weighted by molar-refractivity contribution is 7.89. The zero-order valence-electron chi connectivity index (χ0n) is 11.7. The van der Waals surface area contributed by atoms with Gasteiger partial charge in [-0.05, 0) is 50.7 Å². The Kier molecular flexibility index (Phi) is 3.54. The summed E-state index contributed by atoms with van der Waals surface area (Å²) in [5.41, 5.74) is 2.09. The number of aryl methyl sites for hydroxylation is 1. The third-order valence-corrected chi connectivity index (χ3v) is 5.47. The van der Waals surface area contributed by atoms with Crippen molar-refractivity contribution in [2.24, 2.45) is 16.9 Å². The van der Waals surface area contributed by atoms with Gasteiger partial charge in [0, 0.05) is 11.6 Å². The van der Waals surface area contributed by atoms with E-state index in [0.717, 1.165) is 30.0 Å². The van der Waals surface area contributed by atoms with Crippen LogP contribution >= 0.6 is 0 Å². The van der Waals surface area contributed by atoms with Crippen molar-refractivity contribution in [3.05, 3.63) is 29.8 Å². The fourth-order valence-corrected chi connectivity index (χ4v) is 3.74. The van der Waals surface area contributed by atoms with Crippen LogP contribution in [0.4, 0.5) is 0 Å². The molecule has 5 heteroatoms. The molecule has 1 aromatic rings. The summed E-state index contributed by atoms with van der Waals surface area (Å²) in [5, 5.41) is 4.22. The van der Waals surface area contributed by atoms with Gasteiger partial charge in [-0.25, -0.2) is 4.83 Å². The zero-order valence-corrected chi connectivity index (χ0v) is 12.5. The molecular weight excluding hydrogens is 272 g/mol. The highest BCUT2D eigenvalue weighted by Crippen LogP contribution is 2.46.